The van der Waals surface area contributed by atoms with Crippen LogP contribution < -0.4 is 0 Å². The van der Waals surface area contributed by atoms with Gasteiger partial charge in [0.1, 0.15) is 0 Å². The molecule has 1 fully saturated rings. The summed E-state index contributed by atoms with van der Waals surface area (Å²) in [4.78, 5) is 4.95. The summed E-state index contributed by atoms with van der Waals surface area (Å²) in [7, 11) is 0. The maximum Gasteiger partial charge on any atom is 0.0349 e. The van der Waals surface area contributed by atoms with Crippen molar-refractivity contribution in [3.05, 3.63) is 46.8 Å². The van der Waals surface area contributed by atoms with Crippen LogP contribution in [0.1, 0.15) is 93.9 Å². The monoisotopic (exact) mass is 388 g/mol. The number of hydrogen-bond acceptors (Lipinski definition) is 2. The molecule has 1 aliphatic heterocycles. The second kappa shape index (κ2) is 16.5. The van der Waals surface area contributed by atoms with Gasteiger partial charge in [0.2, 0.25) is 0 Å². The minimum atomic E-state index is 1.14. The molecule has 3 aliphatic rings. The fourth-order valence-electron chi connectivity index (χ4n) is 3.71. The Labute approximate surface area is 177 Å². The van der Waals surface area contributed by atoms with Crippen LogP contribution in [0.2, 0.25) is 0 Å². The Morgan fingerprint density at radius 3 is 1.11 bits per heavy atom. The van der Waals surface area contributed by atoms with Crippen molar-refractivity contribution in [3.8, 4) is 0 Å². The van der Waals surface area contributed by atoms with E-state index in [0.717, 1.165) is 26.2 Å². The highest BCUT2D eigenvalue weighted by atomic mass is 15.2. The molecule has 0 spiro atoms. The van der Waals surface area contributed by atoms with E-state index in [9.17, 15) is 0 Å². The molecule has 2 nitrogen and oxygen atoms in total. The molecule has 0 saturated carbocycles. The standard InChI is InChI=1S/C20H30N2.3C2H6/c1-17-5-3-7-19(17)9-11-21-13-15-22(16-14-21)12-10-20-8-4-6-18(20)2;3*1-2/h9-12H,3-8,13-16H2,1-2H3;3*1-2H3. The van der Waals surface area contributed by atoms with Crippen molar-refractivity contribution in [2.24, 2.45) is 0 Å². The molecule has 1 saturated heterocycles. The predicted octanol–water partition coefficient (Wildman–Crippen LogP) is 7.71. The Morgan fingerprint density at radius 1 is 0.536 bits per heavy atom. The number of rotatable bonds is 4. The molecular weight excluding hydrogens is 340 g/mol. The smallest absolute Gasteiger partial charge is 0.0349 e. The summed E-state index contributed by atoms with van der Waals surface area (Å²) in [5, 5.41) is 0. The molecule has 0 bridgehead atoms. The van der Waals surface area contributed by atoms with Gasteiger partial charge in [-0.2, -0.15) is 0 Å². The van der Waals surface area contributed by atoms with E-state index in [1.807, 2.05) is 41.5 Å². The molecule has 0 atom stereocenters. The molecule has 2 aliphatic carbocycles. The molecule has 0 radical (unpaired) electrons. The Bertz CT molecular complexity index is 467. The number of piperazine rings is 1. The summed E-state index contributed by atoms with van der Waals surface area (Å²) in [5.41, 5.74) is 6.34. The largest absolute Gasteiger partial charge is 0.374 e. The van der Waals surface area contributed by atoms with Crippen LogP contribution in [0.3, 0.4) is 0 Å². The van der Waals surface area contributed by atoms with Crippen molar-refractivity contribution in [1.29, 1.82) is 0 Å². The van der Waals surface area contributed by atoms with E-state index in [0.29, 0.717) is 0 Å². The van der Waals surface area contributed by atoms with Crippen LogP contribution >= 0.6 is 0 Å². The van der Waals surface area contributed by atoms with Gasteiger partial charge in [-0.3, -0.25) is 0 Å². The fraction of sp³-hybridized carbons (Fsp3) is 0.692. The van der Waals surface area contributed by atoms with Crippen LogP contribution in [0.5, 0.6) is 0 Å². The van der Waals surface area contributed by atoms with Gasteiger partial charge in [-0.15, -0.1) is 0 Å². The third-order valence-electron chi connectivity index (χ3n) is 5.41. The third-order valence-corrected chi connectivity index (χ3v) is 5.41. The lowest BCUT2D eigenvalue weighted by Gasteiger charge is -2.33. The number of nitrogens with zero attached hydrogens (tertiary/aromatic N) is 2. The first kappa shape index (κ1) is 26.6. The highest BCUT2D eigenvalue weighted by Crippen LogP contribution is 2.27. The molecule has 0 unspecified atom stereocenters. The van der Waals surface area contributed by atoms with Crippen molar-refractivity contribution >= 4 is 0 Å². The lowest BCUT2D eigenvalue weighted by molar-refractivity contribution is 0.218. The topological polar surface area (TPSA) is 6.48 Å². The maximum absolute atomic E-state index is 2.48. The molecule has 0 N–H and O–H groups in total. The molecule has 3 rings (SSSR count). The normalized spacial score (nSPS) is 19.4. The molecule has 0 amide bonds. The summed E-state index contributed by atoms with van der Waals surface area (Å²) in [5.74, 6) is 0. The van der Waals surface area contributed by atoms with E-state index in [4.69, 9.17) is 0 Å². The molecule has 28 heavy (non-hydrogen) atoms. The van der Waals surface area contributed by atoms with Crippen molar-refractivity contribution < 1.29 is 0 Å². The zero-order valence-corrected chi connectivity index (χ0v) is 20.3. The van der Waals surface area contributed by atoms with E-state index >= 15 is 0 Å². The van der Waals surface area contributed by atoms with E-state index in [1.165, 1.54) is 38.5 Å². The van der Waals surface area contributed by atoms with Crippen molar-refractivity contribution in [1.82, 2.24) is 9.80 Å². The summed E-state index contributed by atoms with van der Waals surface area (Å²) < 4.78 is 0. The third kappa shape index (κ3) is 9.17. The average molecular weight is 389 g/mol. The molecule has 0 aromatic carbocycles. The molecule has 162 valence electrons. The first-order chi connectivity index (χ1) is 13.7. The van der Waals surface area contributed by atoms with Gasteiger partial charge in [0.15, 0.2) is 0 Å². The number of allylic oxidation sites excluding steroid dienone is 6. The van der Waals surface area contributed by atoms with Gasteiger partial charge >= 0.3 is 0 Å². The maximum atomic E-state index is 2.48. The van der Waals surface area contributed by atoms with E-state index < -0.39 is 0 Å². The van der Waals surface area contributed by atoms with Crippen molar-refractivity contribution in [2.45, 2.75) is 93.9 Å². The Kier molecular flexibility index (Phi) is 15.7. The molecular formula is C26H48N2. The van der Waals surface area contributed by atoms with Gasteiger partial charge in [0.25, 0.3) is 0 Å². The SMILES string of the molecule is CC.CC.CC.CC1=C(C=CN2CCN(C=CC3=C(C)CCC3)CC2)CCC1. The van der Waals surface area contributed by atoms with Crippen LogP contribution in [0.15, 0.2) is 46.8 Å². The van der Waals surface area contributed by atoms with Crippen molar-refractivity contribution in [2.75, 3.05) is 26.2 Å². The van der Waals surface area contributed by atoms with Gasteiger partial charge in [-0.1, -0.05) is 52.7 Å². The zero-order chi connectivity index (χ0) is 21.4. The van der Waals surface area contributed by atoms with Gasteiger partial charge in [0.05, 0.1) is 0 Å². The summed E-state index contributed by atoms with van der Waals surface area (Å²) in [6, 6.07) is 0. The highest BCUT2D eigenvalue weighted by molar-refractivity contribution is 5.29. The van der Waals surface area contributed by atoms with Crippen LogP contribution in [0.4, 0.5) is 0 Å². The fourth-order valence-corrected chi connectivity index (χ4v) is 3.71. The first-order valence-electron chi connectivity index (χ1n) is 11.9. The summed E-state index contributed by atoms with van der Waals surface area (Å²) in [6.07, 6.45) is 17.2. The average Bonchev–Trinajstić information content (AvgIpc) is 3.37. The summed E-state index contributed by atoms with van der Waals surface area (Å²) >= 11 is 0. The number of hydrogen-bond donors (Lipinski definition) is 0. The van der Waals surface area contributed by atoms with Crippen LogP contribution in [0, 0.1) is 0 Å². The lowest BCUT2D eigenvalue weighted by atomic mass is 10.1. The Morgan fingerprint density at radius 2 is 0.857 bits per heavy atom. The van der Waals surface area contributed by atoms with Gasteiger partial charge in [0, 0.05) is 26.2 Å². The molecule has 0 aromatic rings. The van der Waals surface area contributed by atoms with Gasteiger partial charge in [-0.25, -0.2) is 0 Å². The van der Waals surface area contributed by atoms with E-state index in [1.54, 1.807) is 22.3 Å². The van der Waals surface area contributed by atoms with Crippen LogP contribution in [-0.2, 0) is 0 Å². The van der Waals surface area contributed by atoms with E-state index in [-0.39, 0.29) is 0 Å². The quantitative estimate of drug-likeness (QED) is 0.486. The second-order valence-electron chi connectivity index (χ2n) is 7.02. The predicted molar refractivity (Wildman–Crippen MR) is 129 cm³/mol. The highest BCUT2D eigenvalue weighted by Gasteiger charge is 2.13. The second-order valence-corrected chi connectivity index (χ2v) is 7.02. The molecule has 0 aromatic heterocycles. The van der Waals surface area contributed by atoms with Crippen molar-refractivity contribution in [3.63, 3.8) is 0 Å². The minimum Gasteiger partial charge on any atom is -0.374 e. The molecule has 2 heteroatoms. The summed E-state index contributed by atoms with van der Waals surface area (Å²) in [6.45, 7) is 21.1. The van der Waals surface area contributed by atoms with Crippen LogP contribution in [0.25, 0.3) is 0 Å². The zero-order valence-electron chi connectivity index (χ0n) is 20.3. The lowest BCUT2D eigenvalue weighted by Crippen LogP contribution is -2.41. The first-order valence-corrected chi connectivity index (χ1v) is 11.9. The Hall–Kier alpha value is -1.44. The molecule has 1 heterocycles. The van der Waals surface area contributed by atoms with Crippen LogP contribution in [-0.4, -0.2) is 36.0 Å². The van der Waals surface area contributed by atoms with Gasteiger partial charge in [-0.05, 0) is 88.1 Å². The minimum absolute atomic E-state index is 1.14. The Balaban J connectivity index is 0.00000111. The van der Waals surface area contributed by atoms with E-state index in [2.05, 4.69) is 48.2 Å². The van der Waals surface area contributed by atoms with Gasteiger partial charge < -0.3 is 9.80 Å².